The van der Waals surface area contributed by atoms with Crippen LogP contribution in [0.2, 0.25) is 0 Å². The molecule has 0 saturated heterocycles. The van der Waals surface area contributed by atoms with Gasteiger partial charge >= 0.3 is 0 Å². The first-order valence-corrected chi connectivity index (χ1v) is 11.5. The van der Waals surface area contributed by atoms with Crippen LogP contribution in [-0.4, -0.2) is 9.97 Å². The van der Waals surface area contributed by atoms with Crippen molar-refractivity contribution in [3.63, 3.8) is 0 Å². The largest absolute Gasteiger partial charge is 0.455 e. The molecule has 0 unspecified atom stereocenters. The van der Waals surface area contributed by atoms with Crippen molar-refractivity contribution < 1.29 is 4.42 Å². The minimum atomic E-state index is 0.708. The van der Waals surface area contributed by atoms with Gasteiger partial charge in [-0.3, -0.25) is 0 Å². The molecule has 32 heavy (non-hydrogen) atoms. The number of nitrogens with zero attached hydrogens (tertiary/aromatic N) is 2. The van der Waals surface area contributed by atoms with Crippen molar-refractivity contribution in [3.05, 3.63) is 107 Å². The highest BCUT2D eigenvalue weighted by atomic mass is 127. The smallest absolute Gasteiger partial charge is 0.161 e. The number of aromatic nitrogens is 2. The Bertz CT molecular complexity index is 1590. The summed E-state index contributed by atoms with van der Waals surface area (Å²) in [4.78, 5) is 9.79. The van der Waals surface area contributed by atoms with Crippen LogP contribution in [0.3, 0.4) is 0 Å². The van der Waals surface area contributed by atoms with Crippen molar-refractivity contribution in [2.45, 2.75) is 0 Å². The Morgan fingerprint density at radius 2 is 1.28 bits per heavy atom. The molecule has 3 nitrogen and oxygen atoms in total. The predicted molar refractivity (Wildman–Crippen MR) is 138 cm³/mol. The number of fused-ring (bicyclic) bond motifs is 3. The Morgan fingerprint density at radius 3 is 2.16 bits per heavy atom. The molecule has 152 valence electrons. The van der Waals surface area contributed by atoms with E-state index in [0.29, 0.717) is 5.82 Å². The zero-order chi connectivity index (χ0) is 21.5. The molecular formula is C28H17IN2O. The summed E-state index contributed by atoms with van der Waals surface area (Å²) < 4.78 is 7.14. The Labute approximate surface area is 198 Å². The predicted octanol–water partition coefficient (Wildman–Crippen LogP) is 7.98. The molecule has 2 aromatic heterocycles. The van der Waals surface area contributed by atoms with Gasteiger partial charge < -0.3 is 4.42 Å². The first kappa shape index (κ1) is 19.2. The zero-order valence-corrected chi connectivity index (χ0v) is 19.2. The third-order valence-corrected chi connectivity index (χ3v) is 6.18. The Balaban J connectivity index is 1.57. The topological polar surface area (TPSA) is 38.9 Å². The normalized spacial score (nSPS) is 11.3. The van der Waals surface area contributed by atoms with Gasteiger partial charge in [0.15, 0.2) is 5.82 Å². The fourth-order valence-electron chi connectivity index (χ4n) is 4.17. The maximum absolute atomic E-state index is 6.25. The quantitative estimate of drug-likeness (QED) is 0.174. The standard InChI is InChI=1S/C28H17IN2O/c29-26-17-24(23-15-8-14-21-20-12-6-7-16-25(20)32-27(21)23)30-28(31-26)22-13-5-4-11-19(22)18-9-2-1-3-10-18/h1-17H. The lowest BCUT2D eigenvalue weighted by atomic mass is 9.99. The van der Waals surface area contributed by atoms with Crippen LogP contribution in [-0.2, 0) is 0 Å². The van der Waals surface area contributed by atoms with Crippen LogP contribution in [0.1, 0.15) is 0 Å². The van der Waals surface area contributed by atoms with E-state index in [9.17, 15) is 0 Å². The Hall–Kier alpha value is -3.51. The van der Waals surface area contributed by atoms with Crippen molar-refractivity contribution in [1.82, 2.24) is 9.97 Å². The minimum absolute atomic E-state index is 0.708. The molecule has 0 fully saturated rings. The van der Waals surface area contributed by atoms with Gasteiger partial charge in [0.05, 0.1) is 5.69 Å². The molecule has 0 amide bonds. The first-order chi connectivity index (χ1) is 15.8. The fraction of sp³-hybridized carbons (Fsp3) is 0. The first-order valence-electron chi connectivity index (χ1n) is 10.4. The number of para-hydroxylation sites is 2. The van der Waals surface area contributed by atoms with Gasteiger partial charge in [0, 0.05) is 21.9 Å². The summed E-state index contributed by atoms with van der Waals surface area (Å²) in [7, 11) is 0. The lowest BCUT2D eigenvalue weighted by Gasteiger charge is -2.11. The van der Waals surface area contributed by atoms with Crippen molar-refractivity contribution >= 4 is 44.5 Å². The highest BCUT2D eigenvalue weighted by Gasteiger charge is 2.16. The number of furan rings is 1. The average molecular weight is 524 g/mol. The number of benzene rings is 4. The van der Waals surface area contributed by atoms with E-state index in [1.165, 1.54) is 0 Å². The van der Waals surface area contributed by atoms with Gasteiger partial charge in [-0.1, -0.05) is 84.9 Å². The van der Waals surface area contributed by atoms with E-state index in [1.54, 1.807) is 0 Å². The number of rotatable bonds is 3. The second-order valence-electron chi connectivity index (χ2n) is 7.59. The Morgan fingerprint density at radius 1 is 0.594 bits per heavy atom. The summed E-state index contributed by atoms with van der Waals surface area (Å²) in [5, 5.41) is 2.21. The molecule has 0 aliphatic heterocycles. The van der Waals surface area contributed by atoms with Crippen LogP contribution < -0.4 is 0 Å². The lowest BCUT2D eigenvalue weighted by Crippen LogP contribution is -1.97. The molecule has 0 saturated carbocycles. The summed E-state index contributed by atoms with van der Waals surface area (Å²) in [6, 6.07) is 35.0. The maximum Gasteiger partial charge on any atom is 0.161 e. The van der Waals surface area contributed by atoms with E-state index < -0.39 is 0 Å². The molecule has 0 aliphatic carbocycles. The molecule has 6 aromatic rings. The van der Waals surface area contributed by atoms with Crippen molar-refractivity contribution in [2.75, 3.05) is 0 Å². The van der Waals surface area contributed by atoms with Crippen LogP contribution in [0.15, 0.2) is 108 Å². The third kappa shape index (κ3) is 3.28. The van der Waals surface area contributed by atoms with Gasteiger partial charge in [0.2, 0.25) is 0 Å². The molecule has 4 aromatic carbocycles. The van der Waals surface area contributed by atoms with Gasteiger partial charge in [0.25, 0.3) is 0 Å². The summed E-state index contributed by atoms with van der Waals surface area (Å²) >= 11 is 2.27. The fourth-order valence-corrected chi connectivity index (χ4v) is 4.70. The Kier molecular flexibility index (Phi) is 4.72. The highest BCUT2D eigenvalue weighted by Crippen LogP contribution is 2.37. The summed E-state index contributed by atoms with van der Waals surface area (Å²) in [6.45, 7) is 0. The maximum atomic E-state index is 6.25. The second-order valence-corrected chi connectivity index (χ2v) is 8.70. The number of hydrogen-bond acceptors (Lipinski definition) is 3. The lowest BCUT2D eigenvalue weighted by molar-refractivity contribution is 0.670. The van der Waals surface area contributed by atoms with Gasteiger partial charge in [0.1, 0.15) is 14.9 Å². The van der Waals surface area contributed by atoms with Crippen molar-refractivity contribution in [3.8, 4) is 33.8 Å². The molecule has 6 rings (SSSR count). The van der Waals surface area contributed by atoms with Gasteiger partial charge in [-0.15, -0.1) is 0 Å². The summed E-state index contributed by atoms with van der Waals surface area (Å²) in [5.41, 5.74) is 6.83. The van der Waals surface area contributed by atoms with E-state index in [-0.39, 0.29) is 0 Å². The summed E-state index contributed by atoms with van der Waals surface area (Å²) in [6.07, 6.45) is 0. The van der Waals surface area contributed by atoms with Crippen molar-refractivity contribution in [1.29, 1.82) is 0 Å². The average Bonchev–Trinajstić information content (AvgIpc) is 3.23. The van der Waals surface area contributed by atoms with Crippen LogP contribution in [0.5, 0.6) is 0 Å². The van der Waals surface area contributed by atoms with E-state index in [0.717, 1.165) is 53.6 Å². The molecule has 2 heterocycles. The van der Waals surface area contributed by atoms with E-state index in [4.69, 9.17) is 14.4 Å². The highest BCUT2D eigenvalue weighted by molar-refractivity contribution is 14.1. The molecule has 0 radical (unpaired) electrons. The molecule has 0 atom stereocenters. The minimum Gasteiger partial charge on any atom is -0.455 e. The number of hydrogen-bond donors (Lipinski definition) is 0. The second kappa shape index (κ2) is 7.88. The van der Waals surface area contributed by atoms with Gasteiger partial charge in [-0.05, 0) is 51.9 Å². The molecule has 4 heteroatoms. The van der Waals surface area contributed by atoms with Crippen LogP contribution in [0, 0.1) is 3.70 Å². The van der Waals surface area contributed by atoms with E-state index >= 15 is 0 Å². The molecule has 0 aliphatic rings. The molecule has 0 bridgehead atoms. The molecule has 0 spiro atoms. The van der Waals surface area contributed by atoms with Gasteiger partial charge in [-0.25, -0.2) is 9.97 Å². The number of halogens is 1. The van der Waals surface area contributed by atoms with Gasteiger partial charge in [-0.2, -0.15) is 0 Å². The van der Waals surface area contributed by atoms with Crippen LogP contribution in [0.25, 0.3) is 55.7 Å². The van der Waals surface area contributed by atoms with Crippen molar-refractivity contribution in [2.24, 2.45) is 0 Å². The molecular weight excluding hydrogens is 507 g/mol. The SMILES string of the molecule is Ic1cc(-c2cccc3c2oc2ccccc23)nc(-c2ccccc2-c2ccccc2)n1. The monoisotopic (exact) mass is 524 g/mol. The van der Waals surface area contributed by atoms with E-state index in [1.807, 2.05) is 36.4 Å². The zero-order valence-electron chi connectivity index (χ0n) is 17.0. The van der Waals surface area contributed by atoms with Crippen LogP contribution >= 0.6 is 22.6 Å². The van der Waals surface area contributed by atoms with Crippen LogP contribution in [0.4, 0.5) is 0 Å². The molecule has 0 N–H and O–H groups in total. The van der Waals surface area contributed by atoms with E-state index in [2.05, 4.69) is 89.3 Å². The third-order valence-electron chi connectivity index (χ3n) is 5.63. The summed E-state index contributed by atoms with van der Waals surface area (Å²) in [5.74, 6) is 0.708.